The first kappa shape index (κ1) is 17.5. The maximum atomic E-state index is 12.3. The quantitative estimate of drug-likeness (QED) is 0.585. The van der Waals surface area contributed by atoms with Gasteiger partial charge in [0.2, 0.25) is 10.0 Å². The fourth-order valence-corrected chi connectivity index (χ4v) is 3.40. The Labute approximate surface area is 124 Å². The molecule has 0 aliphatic heterocycles. The molecule has 8 heteroatoms. The van der Waals surface area contributed by atoms with Gasteiger partial charge in [-0.2, -0.15) is 0 Å². The van der Waals surface area contributed by atoms with Crippen molar-refractivity contribution in [3.8, 4) is 0 Å². The Bertz CT molecular complexity index is 614. The minimum absolute atomic E-state index is 0.00723. The third-order valence-electron chi connectivity index (χ3n) is 3.04. The molecule has 1 aromatic carbocycles. The van der Waals surface area contributed by atoms with Gasteiger partial charge in [-0.3, -0.25) is 10.1 Å². The molecule has 21 heavy (non-hydrogen) atoms. The molecule has 118 valence electrons. The lowest BCUT2D eigenvalue weighted by Crippen LogP contribution is -2.40. The maximum absolute atomic E-state index is 12.3. The van der Waals surface area contributed by atoms with Crippen LogP contribution in [-0.4, -0.2) is 25.9 Å². The van der Waals surface area contributed by atoms with Gasteiger partial charge in [-0.1, -0.05) is 13.8 Å². The van der Waals surface area contributed by atoms with Crippen molar-refractivity contribution in [2.24, 2.45) is 11.7 Å². The summed E-state index contributed by atoms with van der Waals surface area (Å²) in [6, 6.07) is 3.37. The summed E-state index contributed by atoms with van der Waals surface area (Å²) in [7, 11) is -3.73. The summed E-state index contributed by atoms with van der Waals surface area (Å²) in [5, 5.41) is 10.8. The Hall–Kier alpha value is -1.51. The molecule has 0 bridgehead atoms. The molecule has 3 N–H and O–H groups in total. The van der Waals surface area contributed by atoms with Crippen LogP contribution in [0.3, 0.4) is 0 Å². The molecule has 0 aliphatic rings. The summed E-state index contributed by atoms with van der Waals surface area (Å²) in [5.41, 5.74) is 5.78. The second-order valence-corrected chi connectivity index (χ2v) is 7.10. The van der Waals surface area contributed by atoms with Gasteiger partial charge in [-0.15, -0.1) is 0 Å². The van der Waals surface area contributed by atoms with Crippen LogP contribution in [0.4, 0.5) is 5.69 Å². The largest absolute Gasteiger partial charge is 0.329 e. The predicted octanol–water partition coefficient (Wildman–Crippen LogP) is 1.55. The molecule has 0 radical (unpaired) electrons. The first-order chi connectivity index (χ1) is 9.67. The molecule has 0 aromatic heterocycles. The number of aryl methyl sites for hydroxylation is 1. The van der Waals surface area contributed by atoms with Crippen LogP contribution in [0.25, 0.3) is 0 Å². The molecule has 1 rings (SSSR count). The highest BCUT2D eigenvalue weighted by Gasteiger charge is 2.22. The monoisotopic (exact) mass is 315 g/mol. The minimum atomic E-state index is -3.73. The van der Waals surface area contributed by atoms with E-state index in [1.807, 2.05) is 13.8 Å². The number of benzene rings is 1. The summed E-state index contributed by atoms with van der Waals surface area (Å²) >= 11 is 0. The Kier molecular flexibility index (Phi) is 5.82. The average molecular weight is 315 g/mol. The summed E-state index contributed by atoms with van der Waals surface area (Å²) in [6.45, 7) is 5.66. The highest BCUT2D eigenvalue weighted by atomic mass is 32.2. The van der Waals surface area contributed by atoms with Crippen molar-refractivity contribution in [1.29, 1.82) is 0 Å². The smallest absolute Gasteiger partial charge is 0.272 e. The zero-order valence-corrected chi connectivity index (χ0v) is 13.2. The predicted molar refractivity (Wildman–Crippen MR) is 80.5 cm³/mol. The van der Waals surface area contributed by atoms with Crippen LogP contribution in [0.2, 0.25) is 0 Å². The van der Waals surface area contributed by atoms with Gasteiger partial charge in [-0.25, -0.2) is 13.1 Å². The fourth-order valence-electron chi connectivity index (χ4n) is 2.05. The number of rotatable bonds is 7. The second kappa shape index (κ2) is 6.97. The van der Waals surface area contributed by atoms with E-state index in [-0.39, 0.29) is 23.2 Å². The third kappa shape index (κ3) is 4.76. The first-order valence-corrected chi connectivity index (χ1v) is 8.13. The van der Waals surface area contributed by atoms with Crippen molar-refractivity contribution in [3.05, 3.63) is 33.9 Å². The van der Waals surface area contributed by atoms with E-state index in [2.05, 4.69) is 4.72 Å². The van der Waals surface area contributed by atoms with E-state index in [1.54, 1.807) is 0 Å². The van der Waals surface area contributed by atoms with Gasteiger partial charge in [0, 0.05) is 24.2 Å². The average Bonchev–Trinajstić information content (AvgIpc) is 2.36. The highest BCUT2D eigenvalue weighted by Crippen LogP contribution is 2.21. The molecule has 1 aromatic rings. The summed E-state index contributed by atoms with van der Waals surface area (Å²) in [4.78, 5) is 10.2. The Morgan fingerprint density at radius 3 is 2.43 bits per heavy atom. The fraction of sp³-hybridized carbons (Fsp3) is 0.538. The molecule has 1 unspecified atom stereocenters. The molecule has 0 spiro atoms. The van der Waals surface area contributed by atoms with E-state index < -0.39 is 14.9 Å². The van der Waals surface area contributed by atoms with E-state index in [0.717, 1.165) is 0 Å². The van der Waals surface area contributed by atoms with Crippen LogP contribution < -0.4 is 10.5 Å². The van der Waals surface area contributed by atoms with E-state index in [0.29, 0.717) is 17.9 Å². The lowest BCUT2D eigenvalue weighted by Gasteiger charge is -2.19. The van der Waals surface area contributed by atoms with Gasteiger partial charge in [-0.05, 0) is 31.4 Å². The number of hydrogen-bond donors (Lipinski definition) is 2. The molecule has 0 saturated heterocycles. The van der Waals surface area contributed by atoms with Crippen molar-refractivity contribution < 1.29 is 13.3 Å². The molecular formula is C13H21N3O4S. The summed E-state index contributed by atoms with van der Waals surface area (Å²) in [6.07, 6.45) is 0.627. The zero-order chi connectivity index (χ0) is 16.2. The SMILES string of the molecule is Cc1cc(S(=O)(=O)NC(CN)CC(C)C)ccc1[N+](=O)[O-]. The highest BCUT2D eigenvalue weighted by molar-refractivity contribution is 7.89. The normalized spacial score (nSPS) is 13.4. The lowest BCUT2D eigenvalue weighted by atomic mass is 10.1. The van der Waals surface area contributed by atoms with Crippen molar-refractivity contribution in [3.63, 3.8) is 0 Å². The molecule has 7 nitrogen and oxygen atoms in total. The van der Waals surface area contributed by atoms with Crippen molar-refractivity contribution in [2.45, 2.75) is 38.1 Å². The standard InChI is InChI=1S/C13H21N3O4S/c1-9(2)6-11(8-14)15-21(19,20)12-4-5-13(16(17)18)10(3)7-12/h4-5,7,9,11,15H,6,8,14H2,1-3H3. The Morgan fingerprint density at radius 1 is 1.38 bits per heavy atom. The van der Waals surface area contributed by atoms with Crippen LogP contribution in [0.15, 0.2) is 23.1 Å². The number of nitrogens with one attached hydrogen (secondary N) is 1. The van der Waals surface area contributed by atoms with Crippen molar-refractivity contribution >= 4 is 15.7 Å². The Morgan fingerprint density at radius 2 is 2.00 bits per heavy atom. The van der Waals surface area contributed by atoms with Crippen LogP contribution >= 0.6 is 0 Å². The van der Waals surface area contributed by atoms with Crippen molar-refractivity contribution in [1.82, 2.24) is 4.72 Å². The van der Waals surface area contributed by atoms with Gasteiger partial charge in [0.1, 0.15) is 0 Å². The van der Waals surface area contributed by atoms with Crippen LogP contribution in [-0.2, 0) is 10.0 Å². The lowest BCUT2D eigenvalue weighted by molar-refractivity contribution is -0.385. The van der Waals surface area contributed by atoms with Gasteiger partial charge in [0.25, 0.3) is 5.69 Å². The van der Waals surface area contributed by atoms with E-state index in [1.165, 1.54) is 25.1 Å². The van der Waals surface area contributed by atoms with Crippen LogP contribution in [0.1, 0.15) is 25.8 Å². The van der Waals surface area contributed by atoms with E-state index in [4.69, 9.17) is 5.73 Å². The summed E-state index contributed by atoms with van der Waals surface area (Å²) < 4.78 is 27.1. The summed E-state index contributed by atoms with van der Waals surface area (Å²) in [5.74, 6) is 0.305. The Balaban J connectivity index is 3.02. The third-order valence-corrected chi connectivity index (χ3v) is 4.56. The van der Waals surface area contributed by atoms with Gasteiger partial charge in [0.05, 0.1) is 9.82 Å². The number of nitrogens with zero attached hydrogens (tertiary/aromatic N) is 1. The topological polar surface area (TPSA) is 115 Å². The van der Waals surface area contributed by atoms with E-state index >= 15 is 0 Å². The molecule has 0 aliphatic carbocycles. The van der Waals surface area contributed by atoms with E-state index in [9.17, 15) is 18.5 Å². The number of hydrogen-bond acceptors (Lipinski definition) is 5. The number of sulfonamides is 1. The molecule has 0 fully saturated rings. The maximum Gasteiger partial charge on any atom is 0.272 e. The zero-order valence-electron chi connectivity index (χ0n) is 12.4. The van der Waals surface area contributed by atoms with Gasteiger partial charge in [0.15, 0.2) is 0 Å². The number of nitro groups is 1. The van der Waals surface area contributed by atoms with Crippen LogP contribution in [0, 0.1) is 23.0 Å². The molecule has 0 heterocycles. The van der Waals surface area contributed by atoms with Crippen molar-refractivity contribution in [2.75, 3.05) is 6.54 Å². The number of nitrogens with two attached hydrogens (primary N) is 1. The number of nitro benzene ring substituents is 1. The van der Waals surface area contributed by atoms with Gasteiger partial charge < -0.3 is 5.73 Å². The minimum Gasteiger partial charge on any atom is -0.329 e. The molecule has 0 saturated carbocycles. The van der Waals surface area contributed by atoms with Crippen LogP contribution in [0.5, 0.6) is 0 Å². The molecular weight excluding hydrogens is 294 g/mol. The first-order valence-electron chi connectivity index (χ1n) is 6.64. The molecule has 0 amide bonds. The second-order valence-electron chi connectivity index (χ2n) is 5.39. The van der Waals surface area contributed by atoms with Gasteiger partial charge >= 0.3 is 0 Å². The molecule has 1 atom stereocenters.